The number of carbonyl (C=O) groups is 1. The van der Waals surface area contributed by atoms with Crippen LogP contribution in [0, 0.1) is 23.2 Å². The third-order valence-corrected chi connectivity index (χ3v) is 7.84. The predicted molar refractivity (Wildman–Crippen MR) is 108 cm³/mol. The zero-order valence-corrected chi connectivity index (χ0v) is 16.6. The lowest BCUT2D eigenvalue weighted by Gasteiger charge is -2.55. The van der Waals surface area contributed by atoms with E-state index >= 15 is 0 Å². The minimum Gasteiger partial charge on any atom is -0.486 e. The number of rotatable bonds is 3. The van der Waals surface area contributed by atoms with Crippen molar-refractivity contribution in [1.29, 1.82) is 0 Å². The van der Waals surface area contributed by atoms with E-state index in [1.807, 2.05) is 23.6 Å². The minimum atomic E-state index is -0.141. The molecule has 5 aliphatic rings. The molecule has 0 spiro atoms. The van der Waals surface area contributed by atoms with Crippen LogP contribution in [-0.4, -0.2) is 24.1 Å². The summed E-state index contributed by atoms with van der Waals surface area (Å²) in [6.45, 7) is 1.16. The number of fused-ring (bicyclic) bond motifs is 1. The van der Waals surface area contributed by atoms with Crippen molar-refractivity contribution in [3.63, 3.8) is 0 Å². The van der Waals surface area contributed by atoms with Crippen molar-refractivity contribution < 1.29 is 14.3 Å². The molecule has 4 bridgehead atoms. The second-order valence-corrected chi connectivity index (χ2v) is 9.91. The Balaban J connectivity index is 1.21. The first-order valence-electron chi connectivity index (χ1n) is 10.3. The first-order valence-corrected chi connectivity index (χ1v) is 11.2. The van der Waals surface area contributed by atoms with Gasteiger partial charge >= 0.3 is 0 Å². The average molecular weight is 397 g/mol. The van der Waals surface area contributed by atoms with Crippen molar-refractivity contribution in [2.75, 3.05) is 18.5 Å². The summed E-state index contributed by atoms with van der Waals surface area (Å²) in [5.74, 6) is 4.04. The van der Waals surface area contributed by atoms with Gasteiger partial charge in [-0.05, 0) is 74.5 Å². The lowest BCUT2D eigenvalue weighted by molar-refractivity contribution is -0.140. The maximum Gasteiger partial charge on any atom is 0.232 e. The maximum absolute atomic E-state index is 13.2. The number of hydrogen-bond acceptors (Lipinski definition) is 5. The summed E-state index contributed by atoms with van der Waals surface area (Å²) in [5.41, 5.74) is 1.70. The van der Waals surface area contributed by atoms with Crippen molar-refractivity contribution in [1.82, 2.24) is 4.98 Å². The molecular weight excluding hydrogens is 372 g/mol. The lowest BCUT2D eigenvalue weighted by Crippen LogP contribution is -2.51. The van der Waals surface area contributed by atoms with Crippen molar-refractivity contribution in [2.45, 2.75) is 38.5 Å². The smallest absolute Gasteiger partial charge is 0.232 e. The number of nitrogens with zero attached hydrogens (tertiary/aromatic N) is 1. The normalized spacial score (nSPS) is 32.4. The molecule has 0 radical (unpaired) electrons. The molecule has 146 valence electrons. The molecule has 2 aromatic rings. The van der Waals surface area contributed by atoms with Gasteiger partial charge in [-0.25, -0.2) is 4.98 Å². The molecule has 7 rings (SSSR count). The molecule has 1 aromatic carbocycles. The van der Waals surface area contributed by atoms with Gasteiger partial charge in [0.15, 0.2) is 16.6 Å². The van der Waals surface area contributed by atoms with E-state index < -0.39 is 0 Å². The van der Waals surface area contributed by atoms with Crippen LogP contribution in [0.1, 0.15) is 38.5 Å². The minimum absolute atomic E-state index is 0.141. The molecule has 0 unspecified atom stereocenters. The SMILES string of the molecule is O=C(Nc1nc(-c2ccc3c(c2)OCCO3)cs1)C12CC3CC(CC(C3)C1)C2. The Morgan fingerprint density at radius 2 is 1.71 bits per heavy atom. The summed E-state index contributed by atoms with van der Waals surface area (Å²) in [5, 5.41) is 5.86. The Morgan fingerprint density at radius 1 is 1.04 bits per heavy atom. The first kappa shape index (κ1) is 16.8. The summed E-state index contributed by atoms with van der Waals surface area (Å²) in [6, 6.07) is 5.89. The molecule has 4 saturated carbocycles. The van der Waals surface area contributed by atoms with Crippen LogP contribution in [0.25, 0.3) is 11.3 Å². The highest BCUT2D eigenvalue weighted by Gasteiger charge is 2.54. The predicted octanol–water partition coefficient (Wildman–Crippen LogP) is 4.74. The van der Waals surface area contributed by atoms with Gasteiger partial charge in [-0.1, -0.05) is 0 Å². The summed E-state index contributed by atoms with van der Waals surface area (Å²) >= 11 is 1.50. The van der Waals surface area contributed by atoms with Gasteiger partial charge in [0.05, 0.1) is 11.1 Å². The topological polar surface area (TPSA) is 60.5 Å². The molecule has 4 aliphatic carbocycles. The fourth-order valence-electron chi connectivity index (χ4n) is 6.28. The van der Waals surface area contributed by atoms with E-state index in [1.165, 1.54) is 30.6 Å². The molecule has 1 aromatic heterocycles. The number of aromatic nitrogens is 1. The Morgan fingerprint density at radius 3 is 2.43 bits per heavy atom. The molecule has 5 nitrogen and oxygen atoms in total. The summed E-state index contributed by atoms with van der Waals surface area (Å²) < 4.78 is 11.3. The Labute approximate surface area is 168 Å². The van der Waals surface area contributed by atoms with E-state index in [-0.39, 0.29) is 11.3 Å². The van der Waals surface area contributed by atoms with E-state index in [9.17, 15) is 4.79 Å². The van der Waals surface area contributed by atoms with E-state index in [2.05, 4.69) is 10.3 Å². The molecule has 0 saturated heterocycles. The average Bonchev–Trinajstić information content (AvgIpc) is 3.15. The summed E-state index contributed by atoms with van der Waals surface area (Å²) in [4.78, 5) is 17.9. The number of carbonyl (C=O) groups excluding carboxylic acids is 1. The number of amides is 1. The van der Waals surface area contributed by atoms with Crippen molar-refractivity contribution in [3.05, 3.63) is 23.6 Å². The van der Waals surface area contributed by atoms with Crippen LogP contribution < -0.4 is 14.8 Å². The van der Waals surface area contributed by atoms with Gasteiger partial charge in [0.25, 0.3) is 0 Å². The Kier molecular flexibility index (Phi) is 3.73. The fourth-order valence-corrected chi connectivity index (χ4v) is 7.00. The van der Waals surface area contributed by atoms with E-state index in [1.54, 1.807) is 0 Å². The highest BCUT2D eigenvalue weighted by Crippen LogP contribution is 2.60. The van der Waals surface area contributed by atoms with Crippen LogP contribution in [0.3, 0.4) is 0 Å². The van der Waals surface area contributed by atoms with Crippen molar-refractivity contribution >= 4 is 22.4 Å². The number of thiazole rings is 1. The van der Waals surface area contributed by atoms with Crippen LogP contribution in [0.4, 0.5) is 5.13 Å². The Bertz CT molecular complexity index is 902. The number of nitrogens with one attached hydrogen (secondary N) is 1. The molecule has 0 atom stereocenters. The summed E-state index contributed by atoms with van der Waals surface area (Å²) in [7, 11) is 0. The third-order valence-electron chi connectivity index (χ3n) is 7.08. The van der Waals surface area contributed by atoms with Gasteiger partial charge in [0.2, 0.25) is 5.91 Å². The van der Waals surface area contributed by atoms with Crippen LogP contribution in [0.5, 0.6) is 11.5 Å². The summed E-state index contributed by atoms with van der Waals surface area (Å²) in [6.07, 6.45) is 7.26. The van der Waals surface area contributed by atoms with Gasteiger partial charge < -0.3 is 14.8 Å². The number of hydrogen-bond donors (Lipinski definition) is 1. The van der Waals surface area contributed by atoms with Gasteiger partial charge in [0.1, 0.15) is 13.2 Å². The molecule has 1 N–H and O–H groups in total. The Hall–Kier alpha value is -2.08. The van der Waals surface area contributed by atoms with E-state index in [0.717, 1.165) is 59.8 Å². The number of benzene rings is 1. The monoisotopic (exact) mass is 396 g/mol. The molecular formula is C22H24N2O3S. The quantitative estimate of drug-likeness (QED) is 0.814. The van der Waals surface area contributed by atoms with Crippen molar-refractivity contribution in [2.24, 2.45) is 23.2 Å². The van der Waals surface area contributed by atoms with Gasteiger partial charge in [-0.3, -0.25) is 4.79 Å². The van der Waals surface area contributed by atoms with Crippen LogP contribution in [0.2, 0.25) is 0 Å². The van der Waals surface area contributed by atoms with Gasteiger partial charge in [-0.15, -0.1) is 11.3 Å². The number of anilines is 1. The number of ether oxygens (including phenoxy) is 2. The van der Waals surface area contributed by atoms with E-state index in [4.69, 9.17) is 9.47 Å². The highest BCUT2D eigenvalue weighted by molar-refractivity contribution is 7.14. The molecule has 1 amide bonds. The maximum atomic E-state index is 13.2. The third kappa shape index (κ3) is 2.72. The van der Waals surface area contributed by atoms with Crippen molar-refractivity contribution in [3.8, 4) is 22.8 Å². The van der Waals surface area contributed by atoms with E-state index in [0.29, 0.717) is 18.3 Å². The second-order valence-electron chi connectivity index (χ2n) is 9.05. The van der Waals surface area contributed by atoms with Gasteiger partial charge in [-0.2, -0.15) is 0 Å². The van der Waals surface area contributed by atoms with Crippen LogP contribution in [0.15, 0.2) is 23.6 Å². The zero-order chi connectivity index (χ0) is 18.7. The zero-order valence-electron chi connectivity index (χ0n) is 15.8. The second kappa shape index (κ2) is 6.21. The molecule has 6 heteroatoms. The van der Waals surface area contributed by atoms with Crippen LogP contribution >= 0.6 is 11.3 Å². The fraction of sp³-hybridized carbons (Fsp3) is 0.545. The largest absolute Gasteiger partial charge is 0.486 e. The lowest BCUT2D eigenvalue weighted by atomic mass is 9.49. The highest BCUT2D eigenvalue weighted by atomic mass is 32.1. The van der Waals surface area contributed by atoms with Gasteiger partial charge in [0, 0.05) is 10.9 Å². The molecule has 2 heterocycles. The molecule has 28 heavy (non-hydrogen) atoms. The van der Waals surface area contributed by atoms with Crippen LogP contribution in [-0.2, 0) is 4.79 Å². The standard InChI is InChI=1S/C22H24N2O3S/c25-20(22-9-13-5-14(10-22)7-15(6-13)11-22)24-21-23-17(12-28-21)16-1-2-18-19(8-16)27-4-3-26-18/h1-2,8,12-15H,3-7,9-11H2,(H,23,24,25). The first-order chi connectivity index (χ1) is 13.7. The molecule has 4 fully saturated rings. The molecule has 1 aliphatic heterocycles.